The summed E-state index contributed by atoms with van der Waals surface area (Å²) >= 11 is 1.90. The van der Waals surface area contributed by atoms with E-state index in [-0.39, 0.29) is 0 Å². The van der Waals surface area contributed by atoms with Crippen LogP contribution in [0.25, 0.3) is 0 Å². The predicted octanol–water partition coefficient (Wildman–Crippen LogP) is 3.55. The van der Waals surface area contributed by atoms with Crippen molar-refractivity contribution in [1.29, 1.82) is 0 Å². The van der Waals surface area contributed by atoms with Crippen LogP contribution in [-0.4, -0.2) is 17.5 Å². The predicted molar refractivity (Wildman–Crippen MR) is 68.0 cm³/mol. The molecule has 0 N–H and O–H groups in total. The summed E-state index contributed by atoms with van der Waals surface area (Å²) in [5.41, 5.74) is 2.39. The van der Waals surface area contributed by atoms with Crippen molar-refractivity contribution in [3.05, 3.63) is 42.0 Å². The molecule has 0 unspecified atom stereocenters. The van der Waals surface area contributed by atoms with Gasteiger partial charge in [-0.2, -0.15) is 0 Å². The van der Waals surface area contributed by atoms with Crippen LogP contribution in [0.2, 0.25) is 0 Å². The molecule has 0 aromatic heterocycles. The highest BCUT2D eigenvalue weighted by atomic mass is 32.2. The first-order valence-electron chi connectivity index (χ1n) is 5.24. The van der Waals surface area contributed by atoms with Gasteiger partial charge in [0.1, 0.15) is 0 Å². The van der Waals surface area contributed by atoms with E-state index in [4.69, 9.17) is 0 Å². The molecule has 2 heteroatoms. The van der Waals surface area contributed by atoms with E-state index < -0.39 is 0 Å². The van der Waals surface area contributed by atoms with Crippen molar-refractivity contribution < 1.29 is 0 Å². The van der Waals surface area contributed by atoms with Gasteiger partial charge in [0.2, 0.25) is 0 Å². The van der Waals surface area contributed by atoms with Gasteiger partial charge in [-0.05, 0) is 12.1 Å². The van der Waals surface area contributed by atoms with Gasteiger partial charge in [0.05, 0.1) is 12.3 Å². The molecule has 0 fully saturated rings. The zero-order valence-electron chi connectivity index (χ0n) is 9.10. The van der Waals surface area contributed by atoms with Crippen LogP contribution in [0.3, 0.4) is 0 Å². The first kappa shape index (κ1) is 10.5. The lowest BCUT2D eigenvalue weighted by atomic mass is 10.1. The summed E-state index contributed by atoms with van der Waals surface area (Å²) in [6, 6.07) is 8.50. The standard InChI is InChI=1S/C13H15NS/c1-10(2)15-13-8-4-3-6-11(13)12-7-5-9-14-12/h3-8,10H,9H2,1-2H3. The second kappa shape index (κ2) is 4.67. The molecule has 15 heavy (non-hydrogen) atoms. The second-order valence-corrected chi connectivity index (χ2v) is 5.41. The van der Waals surface area contributed by atoms with E-state index in [2.05, 4.69) is 55.3 Å². The first-order valence-corrected chi connectivity index (χ1v) is 6.12. The van der Waals surface area contributed by atoms with Crippen molar-refractivity contribution >= 4 is 17.5 Å². The van der Waals surface area contributed by atoms with Crippen LogP contribution in [0.15, 0.2) is 46.3 Å². The molecule has 78 valence electrons. The fourth-order valence-electron chi connectivity index (χ4n) is 1.58. The molecular formula is C13H15NS. The summed E-state index contributed by atoms with van der Waals surface area (Å²) in [6.45, 7) is 5.26. The van der Waals surface area contributed by atoms with E-state index in [0.29, 0.717) is 5.25 Å². The first-order chi connectivity index (χ1) is 7.27. The van der Waals surface area contributed by atoms with Gasteiger partial charge >= 0.3 is 0 Å². The molecule has 0 amide bonds. The number of hydrogen-bond acceptors (Lipinski definition) is 2. The monoisotopic (exact) mass is 217 g/mol. The van der Waals surface area contributed by atoms with Crippen LogP contribution in [-0.2, 0) is 0 Å². The van der Waals surface area contributed by atoms with Crippen molar-refractivity contribution in [3.8, 4) is 0 Å². The van der Waals surface area contributed by atoms with E-state index in [1.807, 2.05) is 11.8 Å². The van der Waals surface area contributed by atoms with E-state index >= 15 is 0 Å². The highest BCUT2D eigenvalue weighted by molar-refractivity contribution is 8.00. The van der Waals surface area contributed by atoms with E-state index in [1.54, 1.807) is 0 Å². The minimum absolute atomic E-state index is 0.608. The second-order valence-electron chi connectivity index (χ2n) is 3.79. The minimum atomic E-state index is 0.608. The quantitative estimate of drug-likeness (QED) is 0.705. The zero-order valence-corrected chi connectivity index (χ0v) is 9.92. The lowest BCUT2D eigenvalue weighted by Crippen LogP contribution is -1.98. The van der Waals surface area contributed by atoms with E-state index in [1.165, 1.54) is 10.5 Å². The maximum atomic E-state index is 4.47. The van der Waals surface area contributed by atoms with Gasteiger partial charge in [-0.1, -0.05) is 38.1 Å². The number of thioether (sulfide) groups is 1. The minimum Gasteiger partial charge on any atom is -0.281 e. The Morgan fingerprint density at radius 1 is 1.27 bits per heavy atom. The number of allylic oxidation sites excluding steroid dienone is 1. The highest BCUT2D eigenvalue weighted by Crippen LogP contribution is 2.27. The SMILES string of the molecule is CC(C)Sc1ccccc1C1=NCC=C1. The number of rotatable bonds is 3. The molecule has 0 spiro atoms. The average Bonchev–Trinajstić information content (AvgIpc) is 2.70. The summed E-state index contributed by atoms with van der Waals surface area (Å²) < 4.78 is 0. The molecule has 0 saturated heterocycles. The molecule has 1 aliphatic heterocycles. The van der Waals surface area contributed by atoms with Gasteiger partial charge in [0.15, 0.2) is 0 Å². The third-order valence-corrected chi connectivity index (χ3v) is 3.25. The van der Waals surface area contributed by atoms with Gasteiger partial charge in [0.25, 0.3) is 0 Å². The highest BCUT2D eigenvalue weighted by Gasteiger charge is 2.09. The number of aliphatic imine (C=N–C) groups is 1. The Hall–Kier alpha value is -1.02. The fourth-order valence-corrected chi connectivity index (χ4v) is 2.54. The number of benzene rings is 1. The summed E-state index contributed by atoms with van der Waals surface area (Å²) in [7, 11) is 0. The maximum Gasteiger partial charge on any atom is 0.0659 e. The molecule has 1 aromatic carbocycles. The molecular weight excluding hydrogens is 202 g/mol. The molecule has 1 nitrogen and oxygen atoms in total. The van der Waals surface area contributed by atoms with E-state index in [9.17, 15) is 0 Å². The van der Waals surface area contributed by atoms with Gasteiger partial charge in [0, 0.05) is 15.7 Å². The third-order valence-electron chi connectivity index (χ3n) is 2.17. The van der Waals surface area contributed by atoms with Gasteiger partial charge < -0.3 is 0 Å². The van der Waals surface area contributed by atoms with Crippen LogP contribution in [0.4, 0.5) is 0 Å². The van der Waals surface area contributed by atoms with Crippen LogP contribution in [0.1, 0.15) is 19.4 Å². The molecule has 1 heterocycles. The molecule has 0 aliphatic carbocycles. The number of hydrogen-bond donors (Lipinski definition) is 0. The smallest absolute Gasteiger partial charge is 0.0659 e. The summed E-state index contributed by atoms with van der Waals surface area (Å²) in [6.07, 6.45) is 4.21. The largest absolute Gasteiger partial charge is 0.281 e. The Balaban J connectivity index is 2.33. The summed E-state index contributed by atoms with van der Waals surface area (Å²) in [5, 5.41) is 0.608. The molecule has 0 radical (unpaired) electrons. The average molecular weight is 217 g/mol. The van der Waals surface area contributed by atoms with Crippen LogP contribution < -0.4 is 0 Å². The van der Waals surface area contributed by atoms with Gasteiger partial charge in [-0.15, -0.1) is 11.8 Å². The lowest BCUT2D eigenvalue weighted by Gasteiger charge is -2.10. The molecule has 1 aliphatic rings. The van der Waals surface area contributed by atoms with Crippen molar-refractivity contribution in [1.82, 2.24) is 0 Å². The van der Waals surface area contributed by atoms with Crippen LogP contribution >= 0.6 is 11.8 Å². The van der Waals surface area contributed by atoms with Gasteiger partial charge in [-0.3, -0.25) is 4.99 Å². The molecule has 0 bridgehead atoms. The van der Waals surface area contributed by atoms with E-state index in [0.717, 1.165) is 12.3 Å². The van der Waals surface area contributed by atoms with Gasteiger partial charge in [-0.25, -0.2) is 0 Å². The van der Waals surface area contributed by atoms with Crippen molar-refractivity contribution in [2.24, 2.45) is 4.99 Å². The summed E-state index contributed by atoms with van der Waals surface area (Å²) in [5.74, 6) is 0. The zero-order chi connectivity index (χ0) is 10.7. The maximum absolute atomic E-state index is 4.47. The summed E-state index contributed by atoms with van der Waals surface area (Å²) in [4.78, 5) is 5.80. The lowest BCUT2D eigenvalue weighted by molar-refractivity contribution is 1.11. The molecule has 1 aromatic rings. The number of nitrogens with zero attached hydrogens (tertiary/aromatic N) is 1. The topological polar surface area (TPSA) is 12.4 Å². The van der Waals surface area contributed by atoms with Crippen molar-refractivity contribution in [2.45, 2.75) is 24.0 Å². The van der Waals surface area contributed by atoms with Crippen LogP contribution in [0.5, 0.6) is 0 Å². The molecule has 2 rings (SSSR count). The Kier molecular flexibility index (Phi) is 3.27. The Morgan fingerprint density at radius 2 is 2.07 bits per heavy atom. The van der Waals surface area contributed by atoms with Crippen molar-refractivity contribution in [2.75, 3.05) is 6.54 Å². The fraction of sp³-hybridized carbons (Fsp3) is 0.308. The van der Waals surface area contributed by atoms with Crippen LogP contribution in [0, 0.1) is 0 Å². The molecule has 0 saturated carbocycles. The van der Waals surface area contributed by atoms with Crippen molar-refractivity contribution in [3.63, 3.8) is 0 Å². The molecule has 0 atom stereocenters. The Morgan fingerprint density at radius 3 is 2.73 bits per heavy atom. The Bertz CT molecular complexity index is 405. The normalized spacial score (nSPS) is 14.7. The third kappa shape index (κ3) is 2.51. The Labute approximate surface area is 95.3 Å².